The van der Waals surface area contributed by atoms with Gasteiger partial charge in [-0.15, -0.1) is 0 Å². The van der Waals surface area contributed by atoms with Crippen LogP contribution in [0.3, 0.4) is 0 Å². The predicted octanol–water partition coefficient (Wildman–Crippen LogP) is 2.96. The molecule has 0 fully saturated rings. The number of ether oxygens (including phenoxy) is 1. The van der Waals surface area contributed by atoms with E-state index < -0.39 is 10.0 Å². The van der Waals surface area contributed by atoms with Gasteiger partial charge in [-0.05, 0) is 56.2 Å². The first-order chi connectivity index (χ1) is 12.6. The summed E-state index contributed by atoms with van der Waals surface area (Å²) in [5.41, 5.74) is 3.60. The second kappa shape index (κ2) is 8.43. The third-order valence-corrected chi connectivity index (χ3v) is 5.47. The monoisotopic (exact) mass is 390 g/mol. The number of aryl methyl sites for hydroxylation is 2. The minimum absolute atomic E-state index is 0.227. The van der Waals surface area contributed by atoms with Gasteiger partial charge < -0.3 is 10.1 Å². The molecule has 0 bridgehead atoms. The van der Waals surface area contributed by atoms with Crippen LogP contribution in [-0.2, 0) is 14.8 Å². The highest BCUT2D eigenvalue weighted by molar-refractivity contribution is 7.92. The van der Waals surface area contributed by atoms with Crippen LogP contribution >= 0.6 is 0 Å². The van der Waals surface area contributed by atoms with E-state index in [1.54, 1.807) is 24.3 Å². The zero-order valence-electron chi connectivity index (χ0n) is 16.3. The summed E-state index contributed by atoms with van der Waals surface area (Å²) in [6.45, 7) is 5.57. The van der Waals surface area contributed by atoms with Crippen molar-refractivity contribution in [2.75, 3.05) is 24.2 Å². The van der Waals surface area contributed by atoms with Crippen molar-refractivity contribution in [3.63, 3.8) is 0 Å². The largest absolute Gasteiger partial charge is 0.497 e. The molecular formula is C20H26N2O4S. The van der Waals surface area contributed by atoms with Gasteiger partial charge in [-0.2, -0.15) is 0 Å². The average molecular weight is 391 g/mol. The number of rotatable bonds is 7. The summed E-state index contributed by atoms with van der Waals surface area (Å²) in [6, 6.07) is 12.4. The fourth-order valence-corrected chi connectivity index (χ4v) is 3.73. The topological polar surface area (TPSA) is 75.7 Å². The average Bonchev–Trinajstić information content (AvgIpc) is 2.61. The number of hydrogen-bond donors (Lipinski definition) is 1. The van der Waals surface area contributed by atoms with E-state index in [-0.39, 0.29) is 18.5 Å². The fraction of sp³-hybridized carbons (Fsp3) is 0.350. The van der Waals surface area contributed by atoms with Gasteiger partial charge in [-0.25, -0.2) is 8.42 Å². The molecule has 2 aromatic rings. The molecule has 27 heavy (non-hydrogen) atoms. The van der Waals surface area contributed by atoms with Crippen molar-refractivity contribution in [3.05, 3.63) is 59.2 Å². The molecule has 2 aromatic carbocycles. The highest BCUT2D eigenvalue weighted by atomic mass is 32.2. The number of amides is 1. The molecule has 1 amide bonds. The summed E-state index contributed by atoms with van der Waals surface area (Å²) < 4.78 is 30.6. The molecule has 0 spiro atoms. The maximum absolute atomic E-state index is 12.5. The van der Waals surface area contributed by atoms with E-state index in [1.807, 2.05) is 39.0 Å². The second-order valence-corrected chi connectivity index (χ2v) is 8.52. The summed E-state index contributed by atoms with van der Waals surface area (Å²) in [5.74, 6) is 0.241. The van der Waals surface area contributed by atoms with Gasteiger partial charge in [0.05, 0.1) is 25.1 Å². The Balaban J connectivity index is 2.17. The molecule has 0 radical (unpaired) electrons. The second-order valence-electron chi connectivity index (χ2n) is 6.62. The van der Waals surface area contributed by atoms with Crippen LogP contribution in [0.5, 0.6) is 5.75 Å². The number of nitrogens with one attached hydrogen (secondary N) is 1. The van der Waals surface area contributed by atoms with E-state index >= 15 is 0 Å². The van der Waals surface area contributed by atoms with Crippen molar-refractivity contribution in [2.45, 2.75) is 26.8 Å². The minimum atomic E-state index is -3.62. The first kappa shape index (κ1) is 20.8. The highest BCUT2D eigenvalue weighted by Gasteiger charge is 2.22. The number of carbonyl (C=O) groups excluding carboxylic acids is 1. The molecular weight excluding hydrogens is 364 g/mol. The standard InChI is InChI=1S/C20H26N2O4S/c1-14-6-7-15(2)19(12-14)16(3)21-20(23)13-22(27(5,24)25)17-8-10-18(26-4)11-9-17/h6-12,16H,13H2,1-5H3,(H,21,23)/t16-/m1/s1. The third-order valence-electron chi connectivity index (χ3n) is 4.33. The van der Waals surface area contributed by atoms with Crippen molar-refractivity contribution in [3.8, 4) is 5.75 Å². The summed E-state index contributed by atoms with van der Waals surface area (Å²) in [4.78, 5) is 12.5. The number of benzene rings is 2. The van der Waals surface area contributed by atoms with Crippen LogP contribution in [0.2, 0.25) is 0 Å². The molecule has 0 heterocycles. The summed E-state index contributed by atoms with van der Waals surface area (Å²) in [6.07, 6.45) is 1.08. The van der Waals surface area contributed by atoms with Crippen LogP contribution in [0.4, 0.5) is 5.69 Å². The maximum atomic E-state index is 12.5. The highest BCUT2D eigenvalue weighted by Crippen LogP contribution is 2.22. The van der Waals surface area contributed by atoms with E-state index in [9.17, 15) is 13.2 Å². The van der Waals surface area contributed by atoms with Crippen LogP contribution in [0, 0.1) is 13.8 Å². The first-order valence-corrected chi connectivity index (χ1v) is 10.4. The Morgan fingerprint density at radius 1 is 1.15 bits per heavy atom. The fourth-order valence-electron chi connectivity index (χ4n) is 2.87. The number of sulfonamides is 1. The zero-order chi connectivity index (χ0) is 20.2. The Kier molecular flexibility index (Phi) is 6.49. The van der Waals surface area contributed by atoms with E-state index in [4.69, 9.17) is 4.74 Å². The Morgan fingerprint density at radius 3 is 2.33 bits per heavy atom. The number of methoxy groups -OCH3 is 1. The lowest BCUT2D eigenvalue weighted by atomic mass is 10.00. The molecule has 146 valence electrons. The van der Waals surface area contributed by atoms with Crippen molar-refractivity contribution in [1.82, 2.24) is 5.32 Å². The first-order valence-electron chi connectivity index (χ1n) is 8.60. The minimum Gasteiger partial charge on any atom is -0.497 e. The smallest absolute Gasteiger partial charge is 0.241 e. The van der Waals surface area contributed by atoms with Crippen LogP contribution in [0.15, 0.2) is 42.5 Å². The van der Waals surface area contributed by atoms with Crippen molar-refractivity contribution in [2.24, 2.45) is 0 Å². The summed E-state index contributed by atoms with van der Waals surface area (Å²) in [5, 5.41) is 2.89. The Bertz CT molecular complexity index is 908. The lowest BCUT2D eigenvalue weighted by Gasteiger charge is -2.24. The van der Waals surface area contributed by atoms with E-state index in [2.05, 4.69) is 5.32 Å². The number of anilines is 1. The molecule has 0 aliphatic heterocycles. The van der Waals surface area contributed by atoms with Gasteiger partial charge in [0.15, 0.2) is 0 Å². The van der Waals surface area contributed by atoms with Crippen molar-refractivity contribution >= 4 is 21.6 Å². The molecule has 0 aliphatic rings. The van der Waals surface area contributed by atoms with E-state index in [0.29, 0.717) is 11.4 Å². The third kappa shape index (κ3) is 5.47. The molecule has 0 unspecified atom stereocenters. The van der Waals surface area contributed by atoms with E-state index in [0.717, 1.165) is 27.3 Å². The molecule has 1 atom stereocenters. The molecule has 2 rings (SSSR count). The van der Waals surface area contributed by atoms with Gasteiger partial charge in [-0.1, -0.05) is 23.8 Å². The SMILES string of the molecule is COc1ccc(N(CC(=O)N[C@H](C)c2cc(C)ccc2C)S(C)(=O)=O)cc1. The van der Waals surface area contributed by atoms with Gasteiger partial charge in [-0.3, -0.25) is 9.10 Å². The quantitative estimate of drug-likeness (QED) is 0.789. The van der Waals surface area contributed by atoms with Gasteiger partial charge in [0.25, 0.3) is 0 Å². The lowest BCUT2D eigenvalue weighted by molar-refractivity contribution is -0.120. The van der Waals surface area contributed by atoms with E-state index in [1.165, 1.54) is 7.11 Å². The van der Waals surface area contributed by atoms with Crippen LogP contribution in [-0.4, -0.2) is 34.2 Å². The van der Waals surface area contributed by atoms with Gasteiger partial charge >= 0.3 is 0 Å². The molecule has 0 aliphatic carbocycles. The Hall–Kier alpha value is -2.54. The lowest BCUT2D eigenvalue weighted by Crippen LogP contribution is -2.41. The summed E-state index contributed by atoms with van der Waals surface area (Å²) >= 11 is 0. The molecule has 0 aromatic heterocycles. The number of carbonyl (C=O) groups is 1. The molecule has 0 saturated heterocycles. The zero-order valence-corrected chi connectivity index (χ0v) is 17.1. The molecule has 6 nitrogen and oxygen atoms in total. The van der Waals surface area contributed by atoms with Gasteiger partial charge in [0.2, 0.25) is 15.9 Å². The number of nitrogens with zero attached hydrogens (tertiary/aromatic N) is 1. The van der Waals surface area contributed by atoms with Gasteiger partial charge in [0, 0.05) is 0 Å². The van der Waals surface area contributed by atoms with Crippen molar-refractivity contribution in [1.29, 1.82) is 0 Å². The van der Waals surface area contributed by atoms with Gasteiger partial charge in [0.1, 0.15) is 12.3 Å². The van der Waals surface area contributed by atoms with Crippen molar-refractivity contribution < 1.29 is 17.9 Å². The molecule has 1 N–H and O–H groups in total. The van der Waals surface area contributed by atoms with Crippen LogP contribution in [0.25, 0.3) is 0 Å². The number of hydrogen-bond acceptors (Lipinski definition) is 4. The molecule has 7 heteroatoms. The summed E-state index contributed by atoms with van der Waals surface area (Å²) in [7, 11) is -2.08. The van der Waals surface area contributed by atoms with Crippen LogP contribution in [0.1, 0.15) is 29.7 Å². The Labute approximate surface area is 161 Å². The Morgan fingerprint density at radius 2 is 1.78 bits per heavy atom. The predicted molar refractivity (Wildman–Crippen MR) is 108 cm³/mol. The molecule has 0 saturated carbocycles. The normalized spacial score (nSPS) is 12.3. The maximum Gasteiger partial charge on any atom is 0.241 e. The van der Waals surface area contributed by atoms with Crippen LogP contribution < -0.4 is 14.4 Å².